The lowest BCUT2D eigenvalue weighted by molar-refractivity contribution is -0.384. The van der Waals surface area contributed by atoms with Gasteiger partial charge in [0.1, 0.15) is 6.10 Å². The molecule has 1 aliphatic heterocycles. The monoisotopic (exact) mass is 274 g/mol. The third-order valence-electron chi connectivity index (χ3n) is 3.25. The van der Waals surface area contributed by atoms with Crippen LogP contribution in [0.25, 0.3) is 11.0 Å². The van der Waals surface area contributed by atoms with Crippen molar-refractivity contribution >= 4 is 16.7 Å². The maximum atomic E-state index is 10.7. The van der Waals surface area contributed by atoms with Gasteiger partial charge in [0.2, 0.25) is 5.88 Å². The smallest absolute Gasteiger partial charge is 0.271 e. The van der Waals surface area contributed by atoms with Crippen LogP contribution in [0.4, 0.5) is 5.69 Å². The first-order chi connectivity index (χ1) is 9.72. The molecule has 3 rings (SSSR count). The van der Waals surface area contributed by atoms with Gasteiger partial charge in [-0.15, -0.1) is 0 Å². The molecule has 0 bridgehead atoms. The fraction of sp³-hybridized carbons (Fsp3) is 0.385. The average molecular weight is 274 g/mol. The first-order valence-corrected chi connectivity index (χ1v) is 6.51. The summed E-state index contributed by atoms with van der Waals surface area (Å²) in [4.78, 5) is 18.8. The Hall–Kier alpha value is -2.28. The Morgan fingerprint density at radius 3 is 3.05 bits per heavy atom. The van der Waals surface area contributed by atoms with E-state index in [-0.39, 0.29) is 11.8 Å². The zero-order valence-corrected chi connectivity index (χ0v) is 10.8. The van der Waals surface area contributed by atoms with Crippen molar-refractivity contribution in [1.82, 2.24) is 15.3 Å². The molecule has 7 nitrogen and oxygen atoms in total. The topological polar surface area (TPSA) is 90.2 Å². The van der Waals surface area contributed by atoms with Crippen LogP contribution in [0.5, 0.6) is 5.88 Å². The van der Waals surface area contributed by atoms with Gasteiger partial charge in [-0.05, 0) is 25.5 Å². The van der Waals surface area contributed by atoms with Crippen molar-refractivity contribution in [2.75, 3.05) is 13.1 Å². The Balaban J connectivity index is 1.83. The second-order valence-corrected chi connectivity index (χ2v) is 4.72. The summed E-state index contributed by atoms with van der Waals surface area (Å²) in [6.45, 7) is 1.83. The zero-order valence-electron chi connectivity index (χ0n) is 10.8. The van der Waals surface area contributed by atoms with Gasteiger partial charge >= 0.3 is 0 Å². The van der Waals surface area contributed by atoms with Crippen molar-refractivity contribution in [3.63, 3.8) is 0 Å². The molecule has 0 spiro atoms. The van der Waals surface area contributed by atoms with E-state index < -0.39 is 4.92 Å². The third-order valence-corrected chi connectivity index (χ3v) is 3.25. The number of rotatable bonds is 3. The molecule has 1 atom stereocenters. The normalized spacial score (nSPS) is 18.9. The number of aromatic nitrogens is 2. The first-order valence-electron chi connectivity index (χ1n) is 6.51. The maximum absolute atomic E-state index is 10.7. The molecule has 1 fully saturated rings. The van der Waals surface area contributed by atoms with E-state index in [1.54, 1.807) is 6.07 Å². The van der Waals surface area contributed by atoms with Crippen LogP contribution in [0.1, 0.15) is 12.8 Å². The molecule has 1 unspecified atom stereocenters. The first kappa shape index (κ1) is 12.7. The number of hydrogen-bond acceptors (Lipinski definition) is 6. The van der Waals surface area contributed by atoms with E-state index in [4.69, 9.17) is 4.74 Å². The number of nitro groups is 1. The molecule has 1 aromatic heterocycles. The van der Waals surface area contributed by atoms with E-state index in [9.17, 15) is 10.1 Å². The van der Waals surface area contributed by atoms with Gasteiger partial charge in [0, 0.05) is 18.7 Å². The van der Waals surface area contributed by atoms with Gasteiger partial charge in [-0.3, -0.25) is 10.1 Å². The summed E-state index contributed by atoms with van der Waals surface area (Å²) in [5.41, 5.74) is 1.10. The molecule has 0 radical (unpaired) electrons. The molecule has 0 amide bonds. The number of hydrogen-bond donors (Lipinski definition) is 1. The van der Waals surface area contributed by atoms with E-state index in [1.165, 1.54) is 18.3 Å². The Labute approximate surface area is 115 Å². The SMILES string of the molecule is O=[N+]([O-])c1ccc2nc(OC3CCCNC3)cnc2c1. The van der Waals surface area contributed by atoms with Crippen molar-refractivity contribution in [1.29, 1.82) is 0 Å². The highest BCUT2D eigenvalue weighted by atomic mass is 16.6. The molecule has 1 N–H and O–H groups in total. The lowest BCUT2D eigenvalue weighted by atomic mass is 10.1. The van der Waals surface area contributed by atoms with Crippen LogP contribution < -0.4 is 10.1 Å². The molecule has 20 heavy (non-hydrogen) atoms. The van der Waals surface area contributed by atoms with Crippen molar-refractivity contribution in [2.24, 2.45) is 0 Å². The second kappa shape index (κ2) is 5.38. The Morgan fingerprint density at radius 2 is 2.30 bits per heavy atom. The molecule has 1 aliphatic rings. The van der Waals surface area contributed by atoms with Crippen LogP contribution in [0.3, 0.4) is 0 Å². The molecular weight excluding hydrogens is 260 g/mol. The van der Waals surface area contributed by atoms with Gasteiger partial charge < -0.3 is 10.1 Å². The summed E-state index contributed by atoms with van der Waals surface area (Å²) in [5.74, 6) is 0.458. The standard InChI is InChI=1S/C13H14N4O3/c18-17(19)9-3-4-11-12(6-9)15-8-13(16-11)20-10-2-1-5-14-7-10/h3-4,6,8,10,14H,1-2,5,7H2. The van der Waals surface area contributed by atoms with Crippen molar-refractivity contribution in [2.45, 2.75) is 18.9 Å². The average Bonchev–Trinajstić information content (AvgIpc) is 2.47. The van der Waals surface area contributed by atoms with Crippen LogP contribution in [0, 0.1) is 10.1 Å². The lowest BCUT2D eigenvalue weighted by Gasteiger charge is -2.23. The summed E-state index contributed by atoms with van der Waals surface area (Å²) in [7, 11) is 0. The molecule has 1 aromatic carbocycles. The lowest BCUT2D eigenvalue weighted by Crippen LogP contribution is -2.37. The molecule has 7 heteroatoms. The van der Waals surface area contributed by atoms with Gasteiger partial charge in [0.05, 0.1) is 22.2 Å². The van der Waals surface area contributed by atoms with Crippen molar-refractivity contribution < 1.29 is 9.66 Å². The maximum Gasteiger partial charge on any atom is 0.271 e. The summed E-state index contributed by atoms with van der Waals surface area (Å²) < 4.78 is 5.77. The summed E-state index contributed by atoms with van der Waals surface area (Å²) >= 11 is 0. The quantitative estimate of drug-likeness (QED) is 0.676. The highest BCUT2D eigenvalue weighted by molar-refractivity contribution is 5.77. The highest BCUT2D eigenvalue weighted by Gasteiger charge is 2.15. The second-order valence-electron chi connectivity index (χ2n) is 4.72. The Kier molecular flexibility index (Phi) is 3.42. The van der Waals surface area contributed by atoms with Crippen LogP contribution in [-0.4, -0.2) is 34.1 Å². The molecule has 0 saturated carbocycles. The predicted molar refractivity (Wildman–Crippen MR) is 72.7 cm³/mol. The van der Waals surface area contributed by atoms with Crippen LogP contribution in [0.15, 0.2) is 24.4 Å². The number of non-ortho nitro benzene ring substituents is 1. The minimum atomic E-state index is -0.445. The number of ether oxygens (including phenoxy) is 1. The number of nitrogens with one attached hydrogen (secondary N) is 1. The Bertz CT molecular complexity index is 641. The summed E-state index contributed by atoms with van der Waals surface area (Å²) in [5, 5.41) is 14.0. The fourth-order valence-corrected chi connectivity index (χ4v) is 2.24. The van der Waals surface area contributed by atoms with E-state index in [0.717, 1.165) is 25.9 Å². The zero-order chi connectivity index (χ0) is 13.9. The minimum absolute atomic E-state index is 0.0111. The molecule has 2 aromatic rings. The summed E-state index contributed by atoms with van der Waals surface area (Å²) in [6.07, 6.45) is 3.69. The molecule has 0 aliphatic carbocycles. The van der Waals surface area contributed by atoms with Crippen molar-refractivity contribution in [3.05, 3.63) is 34.5 Å². The largest absolute Gasteiger partial charge is 0.472 e. The van der Waals surface area contributed by atoms with Crippen molar-refractivity contribution in [3.8, 4) is 5.88 Å². The number of piperidine rings is 1. The summed E-state index contributed by atoms with van der Waals surface area (Å²) in [6, 6.07) is 4.42. The number of fused-ring (bicyclic) bond motifs is 1. The number of benzene rings is 1. The van der Waals surface area contributed by atoms with Crippen LogP contribution in [0.2, 0.25) is 0 Å². The number of nitrogens with zero attached hydrogens (tertiary/aromatic N) is 3. The Morgan fingerprint density at radius 1 is 1.40 bits per heavy atom. The molecular formula is C13H14N4O3. The molecule has 1 saturated heterocycles. The van der Waals surface area contributed by atoms with E-state index >= 15 is 0 Å². The van der Waals surface area contributed by atoms with E-state index in [2.05, 4.69) is 15.3 Å². The van der Waals surface area contributed by atoms with Gasteiger partial charge in [-0.2, -0.15) is 0 Å². The van der Waals surface area contributed by atoms with E-state index in [0.29, 0.717) is 16.9 Å². The fourth-order valence-electron chi connectivity index (χ4n) is 2.24. The highest BCUT2D eigenvalue weighted by Crippen LogP contribution is 2.20. The number of nitro benzene ring substituents is 1. The van der Waals surface area contributed by atoms with Crippen LogP contribution >= 0.6 is 0 Å². The minimum Gasteiger partial charge on any atom is -0.472 e. The predicted octanol–water partition coefficient (Wildman–Crippen LogP) is 1.67. The molecule has 104 valence electrons. The van der Waals surface area contributed by atoms with Gasteiger partial charge in [-0.25, -0.2) is 9.97 Å². The molecule has 2 heterocycles. The van der Waals surface area contributed by atoms with Crippen LogP contribution in [-0.2, 0) is 0 Å². The van der Waals surface area contributed by atoms with Gasteiger partial charge in [-0.1, -0.05) is 0 Å². The van der Waals surface area contributed by atoms with Gasteiger partial charge in [0.25, 0.3) is 5.69 Å². The van der Waals surface area contributed by atoms with E-state index in [1.807, 2.05) is 0 Å². The third kappa shape index (κ3) is 2.67. The van der Waals surface area contributed by atoms with Gasteiger partial charge in [0.15, 0.2) is 0 Å².